The maximum atomic E-state index is 14.9. The molecule has 1 fully saturated rings. The molecular formula is C22H18F3N5O4S. The highest BCUT2D eigenvalue weighted by Gasteiger charge is 2.33. The van der Waals surface area contributed by atoms with Crippen LogP contribution in [0.1, 0.15) is 13.8 Å². The lowest BCUT2D eigenvalue weighted by atomic mass is 10.0. The lowest BCUT2D eigenvalue weighted by Crippen LogP contribution is -2.33. The monoisotopic (exact) mass is 505 g/mol. The van der Waals surface area contributed by atoms with E-state index < -0.39 is 35.2 Å². The summed E-state index contributed by atoms with van der Waals surface area (Å²) in [4.78, 5) is 35.4. The van der Waals surface area contributed by atoms with Gasteiger partial charge in [0.15, 0.2) is 5.01 Å². The number of ether oxygens (including phenoxy) is 1. The molecule has 0 radical (unpaired) electrons. The third-order valence-electron chi connectivity index (χ3n) is 4.99. The average molecular weight is 505 g/mol. The number of carbonyl (C=O) groups is 3. The van der Waals surface area contributed by atoms with E-state index in [-0.39, 0.29) is 51.9 Å². The topological polar surface area (TPSA) is 114 Å². The van der Waals surface area contributed by atoms with Crippen molar-refractivity contribution in [3.8, 4) is 21.7 Å². The number of aromatic nitrogens is 2. The third-order valence-corrected chi connectivity index (χ3v) is 5.86. The van der Waals surface area contributed by atoms with E-state index >= 15 is 0 Å². The summed E-state index contributed by atoms with van der Waals surface area (Å²) in [5.41, 5.74) is -0.564. The number of benzene rings is 2. The van der Waals surface area contributed by atoms with E-state index in [1.165, 1.54) is 26.0 Å². The SMILES string of the molecule is CC(=O)NC[C@H]1CN(c2cc(F)c(-c3ccc(-c4nnc(NC(C)=O)s4)c(F)c3)c(F)c2)C(=O)O1. The minimum absolute atomic E-state index is 0.0109. The molecule has 3 aromatic rings. The zero-order valence-corrected chi connectivity index (χ0v) is 19.2. The van der Waals surface area contributed by atoms with E-state index in [1.54, 1.807) is 0 Å². The van der Waals surface area contributed by atoms with Crippen molar-refractivity contribution in [2.24, 2.45) is 0 Å². The van der Waals surface area contributed by atoms with E-state index in [4.69, 9.17) is 4.74 Å². The van der Waals surface area contributed by atoms with Crippen LogP contribution in [0.15, 0.2) is 30.3 Å². The van der Waals surface area contributed by atoms with Crippen LogP contribution in [0, 0.1) is 17.5 Å². The van der Waals surface area contributed by atoms with Crippen LogP contribution in [0.2, 0.25) is 0 Å². The number of hydrogen-bond donors (Lipinski definition) is 2. The first kappa shape index (κ1) is 24.1. The quantitative estimate of drug-likeness (QED) is 0.528. The molecule has 1 aromatic heterocycles. The summed E-state index contributed by atoms with van der Waals surface area (Å²) in [6.45, 7) is 2.65. The summed E-state index contributed by atoms with van der Waals surface area (Å²) in [5, 5.41) is 12.9. The van der Waals surface area contributed by atoms with Gasteiger partial charge >= 0.3 is 6.09 Å². The molecule has 4 rings (SSSR count). The number of anilines is 2. The van der Waals surface area contributed by atoms with Crippen molar-refractivity contribution in [2.45, 2.75) is 20.0 Å². The van der Waals surface area contributed by atoms with Crippen molar-refractivity contribution in [3.63, 3.8) is 0 Å². The molecule has 2 aromatic carbocycles. The highest BCUT2D eigenvalue weighted by atomic mass is 32.1. The molecule has 1 aliphatic rings. The van der Waals surface area contributed by atoms with Crippen molar-refractivity contribution in [1.29, 1.82) is 0 Å². The largest absolute Gasteiger partial charge is 0.442 e. The summed E-state index contributed by atoms with van der Waals surface area (Å²) >= 11 is 0.943. The molecule has 0 saturated carbocycles. The Morgan fingerprint density at radius 2 is 1.80 bits per heavy atom. The molecule has 2 N–H and O–H groups in total. The summed E-state index contributed by atoms with van der Waals surface area (Å²) in [7, 11) is 0. The van der Waals surface area contributed by atoms with E-state index in [0.29, 0.717) is 0 Å². The van der Waals surface area contributed by atoms with Crippen LogP contribution in [0.25, 0.3) is 21.7 Å². The highest BCUT2D eigenvalue weighted by molar-refractivity contribution is 7.18. The van der Waals surface area contributed by atoms with E-state index in [9.17, 15) is 27.6 Å². The fourth-order valence-electron chi connectivity index (χ4n) is 3.46. The van der Waals surface area contributed by atoms with Gasteiger partial charge in [-0.25, -0.2) is 18.0 Å². The molecule has 0 aliphatic carbocycles. The van der Waals surface area contributed by atoms with Gasteiger partial charge in [-0.3, -0.25) is 14.5 Å². The van der Waals surface area contributed by atoms with Crippen molar-refractivity contribution in [2.75, 3.05) is 23.3 Å². The van der Waals surface area contributed by atoms with Gasteiger partial charge in [-0.1, -0.05) is 17.4 Å². The summed E-state index contributed by atoms with van der Waals surface area (Å²) < 4.78 is 49.8. The zero-order chi connectivity index (χ0) is 25.3. The fraction of sp³-hybridized carbons (Fsp3) is 0.227. The summed E-state index contributed by atoms with van der Waals surface area (Å²) in [5.74, 6) is -3.47. The van der Waals surface area contributed by atoms with Gasteiger partial charge in [-0.05, 0) is 29.8 Å². The first-order valence-corrected chi connectivity index (χ1v) is 11.1. The number of rotatable bonds is 6. The van der Waals surface area contributed by atoms with Crippen molar-refractivity contribution in [1.82, 2.24) is 15.5 Å². The Morgan fingerprint density at radius 3 is 2.43 bits per heavy atom. The molecule has 3 amide bonds. The van der Waals surface area contributed by atoms with Crippen LogP contribution in [0.4, 0.5) is 28.8 Å². The van der Waals surface area contributed by atoms with Crippen molar-refractivity contribution in [3.05, 3.63) is 47.8 Å². The Morgan fingerprint density at radius 1 is 1.09 bits per heavy atom. The zero-order valence-electron chi connectivity index (χ0n) is 18.4. The van der Waals surface area contributed by atoms with Crippen LogP contribution in [0.5, 0.6) is 0 Å². The third kappa shape index (κ3) is 5.24. The molecule has 1 atom stereocenters. The second-order valence-corrected chi connectivity index (χ2v) is 8.60. The Kier molecular flexibility index (Phi) is 6.69. The molecule has 2 heterocycles. The number of nitrogens with one attached hydrogen (secondary N) is 2. The minimum Gasteiger partial charge on any atom is -0.442 e. The van der Waals surface area contributed by atoms with Gasteiger partial charge < -0.3 is 15.4 Å². The second kappa shape index (κ2) is 9.70. The molecule has 0 unspecified atom stereocenters. The van der Waals surface area contributed by atoms with Gasteiger partial charge in [-0.15, -0.1) is 10.2 Å². The molecule has 182 valence electrons. The number of cyclic esters (lactones) is 1. The first-order valence-electron chi connectivity index (χ1n) is 10.3. The number of hydrogen-bond acceptors (Lipinski definition) is 7. The maximum Gasteiger partial charge on any atom is 0.414 e. The normalized spacial score (nSPS) is 15.2. The van der Waals surface area contributed by atoms with E-state index in [1.807, 2.05) is 0 Å². The van der Waals surface area contributed by atoms with Gasteiger partial charge in [0.05, 0.1) is 24.3 Å². The molecule has 13 heteroatoms. The smallest absolute Gasteiger partial charge is 0.414 e. The van der Waals surface area contributed by atoms with Gasteiger partial charge in [-0.2, -0.15) is 0 Å². The Labute approximate surface area is 200 Å². The van der Waals surface area contributed by atoms with Gasteiger partial charge in [0, 0.05) is 19.4 Å². The standard InChI is InChI=1S/C22H18F3N5O4S/c1-10(31)26-8-14-9-30(22(33)34-14)13-6-17(24)19(18(25)7-13)12-3-4-15(16(23)5-12)20-28-29-21(35-20)27-11(2)32/h3-7,14H,8-9H2,1-2H3,(H,26,31)(H,27,29,32)/t14-/m0/s1. The van der Waals surface area contributed by atoms with E-state index in [0.717, 1.165) is 34.4 Å². The Hall–Kier alpha value is -4.00. The lowest BCUT2D eigenvalue weighted by molar-refractivity contribution is -0.119. The first-order chi connectivity index (χ1) is 16.6. The number of halogens is 3. The summed E-state index contributed by atoms with van der Waals surface area (Å²) in [6, 6.07) is 5.50. The molecular weight excluding hydrogens is 487 g/mol. The van der Waals surface area contributed by atoms with E-state index in [2.05, 4.69) is 20.8 Å². The predicted molar refractivity (Wildman–Crippen MR) is 121 cm³/mol. The number of nitrogens with zero attached hydrogens (tertiary/aromatic N) is 3. The van der Waals surface area contributed by atoms with Crippen LogP contribution in [-0.2, 0) is 14.3 Å². The molecule has 0 spiro atoms. The molecule has 9 nitrogen and oxygen atoms in total. The van der Waals surface area contributed by atoms with Gasteiger partial charge in [0.1, 0.15) is 23.6 Å². The van der Waals surface area contributed by atoms with Gasteiger partial charge in [0.25, 0.3) is 0 Å². The van der Waals surface area contributed by atoms with Crippen molar-refractivity contribution < 1.29 is 32.3 Å². The van der Waals surface area contributed by atoms with Gasteiger partial charge in [0.2, 0.25) is 16.9 Å². The highest BCUT2D eigenvalue weighted by Crippen LogP contribution is 2.35. The van der Waals surface area contributed by atoms with Crippen LogP contribution < -0.4 is 15.5 Å². The second-order valence-electron chi connectivity index (χ2n) is 7.63. The van der Waals surface area contributed by atoms with Crippen LogP contribution in [-0.4, -0.2) is 47.3 Å². The number of carbonyl (C=O) groups excluding carboxylic acids is 3. The summed E-state index contributed by atoms with van der Waals surface area (Å²) in [6.07, 6.45) is -1.48. The molecule has 1 aliphatic heterocycles. The predicted octanol–water partition coefficient (Wildman–Crippen LogP) is 3.71. The Balaban J connectivity index is 1.58. The maximum absolute atomic E-state index is 14.9. The van der Waals surface area contributed by atoms with Crippen LogP contribution in [0.3, 0.4) is 0 Å². The lowest BCUT2D eigenvalue weighted by Gasteiger charge is -2.15. The number of amides is 3. The average Bonchev–Trinajstić information content (AvgIpc) is 3.37. The molecule has 1 saturated heterocycles. The Bertz CT molecular complexity index is 1310. The molecule has 0 bridgehead atoms. The van der Waals surface area contributed by atoms with Crippen molar-refractivity contribution >= 4 is 40.1 Å². The molecule has 35 heavy (non-hydrogen) atoms. The fourth-order valence-corrected chi connectivity index (χ4v) is 4.28. The van der Waals surface area contributed by atoms with Crippen LogP contribution >= 0.6 is 11.3 Å². The minimum atomic E-state index is -1.01.